The van der Waals surface area contributed by atoms with Crippen LogP contribution in [-0.2, 0) is 0 Å². The lowest BCUT2D eigenvalue weighted by molar-refractivity contribution is 1.17. The summed E-state index contributed by atoms with van der Waals surface area (Å²) in [6.07, 6.45) is 8.01. The van der Waals surface area contributed by atoms with Crippen LogP contribution in [0.5, 0.6) is 0 Å². The van der Waals surface area contributed by atoms with Crippen LogP contribution in [0.3, 0.4) is 0 Å². The summed E-state index contributed by atoms with van der Waals surface area (Å²) in [7, 11) is 0. The number of halogens is 1. The van der Waals surface area contributed by atoms with Crippen molar-refractivity contribution in [1.29, 1.82) is 5.26 Å². The van der Waals surface area contributed by atoms with Crippen LogP contribution in [0.25, 0.3) is 17.8 Å². The Morgan fingerprint density at radius 2 is 1.85 bits per heavy atom. The second kappa shape index (κ2) is 5.47. The fourth-order valence-corrected chi connectivity index (χ4v) is 2.39. The predicted molar refractivity (Wildman–Crippen MR) is 88.0 cm³/mol. The molecule has 0 radical (unpaired) electrons. The average molecular weight is 371 g/mol. The third kappa shape index (κ3) is 2.73. The molecule has 3 rings (SSSR count). The monoisotopic (exact) mass is 371 g/mol. The Morgan fingerprint density at radius 1 is 1.05 bits per heavy atom. The van der Waals surface area contributed by atoms with Gasteiger partial charge >= 0.3 is 0 Å². The number of nitrogens with zero attached hydrogens (tertiary/aromatic N) is 3. The molecule has 0 fully saturated rings. The van der Waals surface area contributed by atoms with Gasteiger partial charge in [0.1, 0.15) is 5.65 Å². The zero-order chi connectivity index (χ0) is 13.9. The number of imidazole rings is 1. The van der Waals surface area contributed by atoms with Gasteiger partial charge in [0.15, 0.2) is 0 Å². The quantitative estimate of drug-likeness (QED) is 0.640. The molecule has 0 bridgehead atoms. The Kier molecular flexibility index (Phi) is 3.52. The normalized spacial score (nSPS) is 11.0. The van der Waals surface area contributed by atoms with Crippen molar-refractivity contribution in [3.05, 3.63) is 69.2 Å². The number of aromatic nitrogens is 2. The highest BCUT2D eigenvalue weighted by Crippen LogP contribution is 2.12. The van der Waals surface area contributed by atoms with Gasteiger partial charge in [0.05, 0.1) is 17.3 Å². The highest BCUT2D eigenvalue weighted by Gasteiger charge is 1.98. The number of hydrogen-bond donors (Lipinski definition) is 0. The lowest BCUT2D eigenvalue weighted by Crippen LogP contribution is -1.82. The van der Waals surface area contributed by atoms with Crippen LogP contribution in [0.15, 0.2) is 48.8 Å². The third-order valence-electron chi connectivity index (χ3n) is 2.92. The summed E-state index contributed by atoms with van der Waals surface area (Å²) in [5, 5.41) is 8.76. The molecule has 0 atom stereocenters. The molecule has 0 aliphatic rings. The molecule has 0 spiro atoms. The van der Waals surface area contributed by atoms with Crippen molar-refractivity contribution in [3.63, 3.8) is 0 Å². The van der Waals surface area contributed by atoms with Crippen molar-refractivity contribution in [2.45, 2.75) is 0 Å². The summed E-state index contributed by atoms with van der Waals surface area (Å²) >= 11 is 2.28. The Bertz CT molecular complexity index is 823. The van der Waals surface area contributed by atoms with E-state index >= 15 is 0 Å². The first-order valence-electron chi connectivity index (χ1n) is 6.07. The largest absolute Gasteiger partial charge is 0.305 e. The number of fused-ring (bicyclic) bond motifs is 1. The number of benzene rings is 1. The molecule has 0 saturated carbocycles. The molecule has 20 heavy (non-hydrogen) atoms. The molecule has 3 nitrogen and oxygen atoms in total. The average Bonchev–Trinajstić information content (AvgIpc) is 2.87. The molecule has 0 saturated heterocycles. The van der Waals surface area contributed by atoms with Crippen LogP contribution in [0.1, 0.15) is 16.8 Å². The van der Waals surface area contributed by atoms with Gasteiger partial charge in [0, 0.05) is 16.0 Å². The minimum atomic E-state index is 0.671. The molecule has 2 heterocycles. The van der Waals surface area contributed by atoms with E-state index < -0.39 is 0 Å². The van der Waals surface area contributed by atoms with Crippen molar-refractivity contribution in [2.24, 2.45) is 0 Å². The summed E-state index contributed by atoms with van der Waals surface area (Å²) < 4.78 is 3.19. The van der Waals surface area contributed by atoms with Gasteiger partial charge in [-0.1, -0.05) is 18.2 Å². The van der Waals surface area contributed by atoms with Crippen molar-refractivity contribution in [2.75, 3.05) is 0 Å². The second-order valence-corrected chi connectivity index (χ2v) is 5.59. The van der Waals surface area contributed by atoms with E-state index in [1.807, 2.05) is 65.3 Å². The number of hydrogen-bond acceptors (Lipinski definition) is 2. The third-order valence-corrected chi connectivity index (χ3v) is 3.56. The van der Waals surface area contributed by atoms with Crippen molar-refractivity contribution < 1.29 is 0 Å². The van der Waals surface area contributed by atoms with Gasteiger partial charge in [-0.2, -0.15) is 5.26 Å². The topological polar surface area (TPSA) is 41.1 Å². The van der Waals surface area contributed by atoms with Crippen LogP contribution in [0.2, 0.25) is 0 Å². The van der Waals surface area contributed by atoms with E-state index in [1.54, 1.807) is 0 Å². The van der Waals surface area contributed by atoms with E-state index in [0.29, 0.717) is 5.56 Å². The van der Waals surface area contributed by atoms with Gasteiger partial charge in [-0.15, -0.1) is 0 Å². The molecule has 96 valence electrons. The summed E-state index contributed by atoms with van der Waals surface area (Å²) in [4.78, 5) is 4.52. The SMILES string of the molecule is N#Cc1ccc(C=Cc2cn3cc(I)ccc3n2)cc1. The fourth-order valence-electron chi connectivity index (χ4n) is 1.91. The maximum absolute atomic E-state index is 8.76. The zero-order valence-corrected chi connectivity index (χ0v) is 12.7. The molecular weight excluding hydrogens is 361 g/mol. The maximum atomic E-state index is 8.76. The standard InChI is InChI=1S/C16H10IN3/c17-14-6-8-16-19-15(11-20(16)10-14)7-5-12-1-3-13(9-18)4-2-12/h1-8,10-11H. The van der Waals surface area contributed by atoms with E-state index in [2.05, 4.69) is 33.6 Å². The van der Waals surface area contributed by atoms with Gasteiger partial charge in [0.25, 0.3) is 0 Å². The highest BCUT2D eigenvalue weighted by atomic mass is 127. The Labute approximate surface area is 130 Å². The molecule has 2 aromatic heterocycles. The van der Waals surface area contributed by atoms with Crippen LogP contribution in [0, 0.1) is 14.9 Å². The smallest absolute Gasteiger partial charge is 0.137 e. The summed E-state index contributed by atoms with van der Waals surface area (Å²) in [5.74, 6) is 0. The Morgan fingerprint density at radius 3 is 2.60 bits per heavy atom. The first kappa shape index (κ1) is 12.9. The Balaban J connectivity index is 1.88. The number of pyridine rings is 1. The van der Waals surface area contributed by atoms with Gasteiger partial charge < -0.3 is 4.40 Å². The van der Waals surface area contributed by atoms with E-state index in [4.69, 9.17) is 5.26 Å². The first-order chi connectivity index (χ1) is 9.74. The minimum Gasteiger partial charge on any atom is -0.305 e. The number of nitriles is 1. The van der Waals surface area contributed by atoms with Crippen molar-refractivity contribution >= 4 is 40.4 Å². The summed E-state index contributed by atoms with van der Waals surface area (Å²) in [6.45, 7) is 0. The molecule has 0 aliphatic carbocycles. The van der Waals surface area contributed by atoms with Gasteiger partial charge in [-0.25, -0.2) is 4.98 Å². The predicted octanol–water partition coefficient (Wildman–Crippen LogP) is 3.98. The molecular formula is C16H10IN3. The molecule has 4 heteroatoms. The van der Waals surface area contributed by atoms with Gasteiger partial charge in [-0.05, 0) is 58.5 Å². The molecule has 3 aromatic rings. The van der Waals surface area contributed by atoms with Crippen molar-refractivity contribution in [1.82, 2.24) is 9.38 Å². The van der Waals surface area contributed by atoms with Crippen molar-refractivity contribution in [3.8, 4) is 6.07 Å². The summed E-state index contributed by atoms with van der Waals surface area (Å²) in [6, 6.07) is 13.6. The lowest BCUT2D eigenvalue weighted by atomic mass is 10.1. The molecule has 0 unspecified atom stereocenters. The van der Waals surface area contributed by atoms with E-state index in [9.17, 15) is 0 Å². The number of rotatable bonds is 2. The highest BCUT2D eigenvalue weighted by molar-refractivity contribution is 14.1. The van der Waals surface area contributed by atoms with E-state index in [0.717, 1.165) is 16.9 Å². The lowest BCUT2D eigenvalue weighted by Gasteiger charge is -1.92. The van der Waals surface area contributed by atoms with Gasteiger partial charge in [0.2, 0.25) is 0 Å². The second-order valence-electron chi connectivity index (χ2n) is 4.35. The van der Waals surface area contributed by atoms with Crippen LogP contribution < -0.4 is 0 Å². The van der Waals surface area contributed by atoms with Gasteiger partial charge in [-0.3, -0.25) is 0 Å². The van der Waals surface area contributed by atoms with Crippen LogP contribution in [0.4, 0.5) is 0 Å². The molecule has 0 amide bonds. The Hall–Kier alpha value is -2.13. The zero-order valence-electron chi connectivity index (χ0n) is 10.5. The van der Waals surface area contributed by atoms with Crippen LogP contribution >= 0.6 is 22.6 Å². The van der Waals surface area contributed by atoms with E-state index in [1.165, 1.54) is 3.57 Å². The molecule has 0 aliphatic heterocycles. The fraction of sp³-hybridized carbons (Fsp3) is 0. The van der Waals surface area contributed by atoms with E-state index in [-0.39, 0.29) is 0 Å². The minimum absolute atomic E-state index is 0.671. The maximum Gasteiger partial charge on any atom is 0.137 e. The first-order valence-corrected chi connectivity index (χ1v) is 7.15. The molecule has 0 N–H and O–H groups in total. The van der Waals surface area contributed by atoms with Crippen LogP contribution in [-0.4, -0.2) is 9.38 Å². The summed E-state index contributed by atoms with van der Waals surface area (Å²) in [5.41, 5.74) is 3.57. The molecule has 1 aromatic carbocycles.